The molecular formula is C14H18ClN3O. The van der Waals surface area contributed by atoms with Crippen LogP contribution >= 0.6 is 11.6 Å². The normalized spacial score (nSPS) is 23.5. The summed E-state index contributed by atoms with van der Waals surface area (Å²) in [5.74, 6) is 0.0824. The van der Waals surface area contributed by atoms with Gasteiger partial charge >= 0.3 is 0 Å². The molecule has 0 radical (unpaired) electrons. The zero-order valence-corrected chi connectivity index (χ0v) is 11.9. The standard InChI is InChI=1S/C14H18ClN3O/c1-10-7-11(8-13(15)16-10)14(19)18-6-5-17-4-2-3-12(17)9-18/h7-8,12H,2-6,9H2,1H3. The van der Waals surface area contributed by atoms with Crippen molar-refractivity contribution in [2.45, 2.75) is 25.8 Å². The fraction of sp³-hybridized carbons (Fsp3) is 0.571. The predicted molar refractivity (Wildman–Crippen MR) is 74.5 cm³/mol. The van der Waals surface area contributed by atoms with E-state index < -0.39 is 0 Å². The molecule has 2 saturated heterocycles. The Kier molecular flexibility index (Phi) is 3.46. The first-order valence-corrected chi connectivity index (χ1v) is 7.19. The third-order valence-electron chi connectivity index (χ3n) is 4.04. The van der Waals surface area contributed by atoms with Gasteiger partial charge in [-0.3, -0.25) is 9.69 Å². The topological polar surface area (TPSA) is 36.4 Å². The number of rotatable bonds is 1. The number of carbonyl (C=O) groups excluding carboxylic acids is 1. The highest BCUT2D eigenvalue weighted by atomic mass is 35.5. The molecule has 0 bridgehead atoms. The molecule has 2 fully saturated rings. The summed E-state index contributed by atoms with van der Waals surface area (Å²) in [7, 11) is 0. The van der Waals surface area contributed by atoms with Crippen LogP contribution in [0.15, 0.2) is 12.1 Å². The van der Waals surface area contributed by atoms with Crippen molar-refractivity contribution in [2.75, 3.05) is 26.2 Å². The van der Waals surface area contributed by atoms with Crippen molar-refractivity contribution in [3.63, 3.8) is 0 Å². The van der Waals surface area contributed by atoms with E-state index in [9.17, 15) is 4.79 Å². The van der Waals surface area contributed by atoms with E-state index in [-0.39, 0.29) is 5.91 Å². The van der Waals surface area contributed by atoms with Crippen molar-refractivity contribution < 1.29 is 4.79 Å². The largest absolute Gasteiger partial charge is 0.336 e. The van der Waals surface area contributed by atoms with Crippen LogP contribution in [0, 0.1) is 6.92 Å². The van der Waals surface area contributed by atoms with Gasteiger partial charge in [-0.2, -0.15) is 0 Å². The summed E-state index contributed by atoms with van der Waals surface area (Å²) in [6.07, 6.45) is 2.47. The minimum atomic E-state index is 0.0824. The van der Waals surface area contributed by atoms with Gasteiger partial charge in [0.25, 0.3) is 5.91 Å². The van der Waals surface area contributed by atoms with Gasteiger partial charge in [0.05, 0.1) is 0 Å². The summed E-state index contributed by atoms with van der Waals surface area (Å²) < 4.78 is 0. The first-order valence-electron chi connectivity index (χ1n) is 6.81. The molecule has 2 aliphatic rings. The van der Waals surface area contributed by atoms with Crippen molar-refractivity contribution >= 4 is 17.5 Å². The molecule has 0 aliphatic carbocycles. The van der Waals surface area contributed by atoms with Gasteiger partial charge in [0.2, 0.25) is 0 Å². The smallest absolute Gasteiger partial charge is 0.254 e. The van der Waals surface area contributed by atoms with Gasteiger partial charge in [-0.05, 0) is 38.4 Å². The highest BCUT2D eigenvalue weighted by Crippen LogP contribution is 2.23. The van der Waals surface area contributed by atoms with Crippen LogP contribution in [0.3, 0.4) is 0 Å². The zero-order valence-electron chi connectivity index (χ0n) is 11.1. The van der Waals surface area contributed by atoms with Gasteiger partial charge in [-0.15, -0.1) is 0 Å². The second-order valence-corrected chi connectivity index (χ2v) is 5.79. The molecule has 1 aromatic heterocycles. The van der Waals surface area contributed by atoms with Crippen LogP contribution in [0.25, 0.3) is 0 Å². The third-order valence-corrected chi connectivity index (χ3v) is 4.24. The number of aryl methyl sites for hydroxylation is 1. The lowest BCUT2D eigenvalue weighted by atomic mass is 10.1. The van der Waals surface area contributed by atoms with Crippen molar-refractivity contribution in [1.29, 1.82) is 0 Å². The van der Waals surface area contributed by atoms with Crippen LogP contribution in [-0.2, 0) is 0 Å². The molecule has 1 unspecified atom stereocenters. The molecule has 0 aromatic carbocycles. The van der Waals surface area contributed by atoms with Crippen LogP contribution in [0.4, 0.5) is 0 Å². The first-order chi connectivity index (χ1) is 9.13. The van der Waals surface area contributed by atoms with Crippen LogP contribution in [0.1, 0.15) is 28.9 Å². The van der Waals surface area contributed by atoms with Crippen LogP contribution in [-0.4, -0.2) is 52.9 Å². The molecule has 1 atom stereocenters. The van der Waals surface area contributed by atoms with Gasteiger partial charge in [0.15, 0.2) is 0 Å². The van der Waals surface area contributed by atoms with E-state index >= 15 is 0 Å². The number of hydrogen-bond donors (Lipinski definition) is 0. The molecule has 19 heavy (non-hydrogen) atoms. The minimum absolute atomic E-state index is 0.0824. The van der Waals surface area contributed by atoms with Crippen LogP contribution in [0.2, 0.25) is 5.15 Å². The Hall–Kier alpha value is -1.13. The van der Waals surface area contributed by atoms with E-state index in [1.165, 1.54) is 19.4 Å². The van der Waals surface area contributed by atoms with Crippen molar-refractivity contribution in [3.05, 3.63) is 28.5 Å². The molecule has 5 heteroatoms. The van der Waals surface area contributed by atoms with Gasteiger partial charge in [0.1, 0.15) is 5.15 Å². The highest BCUT2D eigenvalue weighted by Gasteiger charge is 2.32. The maximum absolute atomic E-state index is 12.5. The molecule has 102 valence electrons. The quantitative estimate of drug-likeness (QED) is 0.738. The summed E-state index contributed by atoms with van der Waals surface area (Å²) in [4.78, 5) is 21.1. The average molecular weight is 280 g/mol. The van der Waals surface area contributed by atoms with E-state index in [2.05, 4.69) is 9.88 Å². The predicted octanol–water partition coefficient (Wildman–Crippen LogP) is 1.96. The van der Waals surface area contributed by atoms with Crippen LogP contribution < -0.4 is 0 Å². The molecule has 1 aromatic rings. The maximum atomic E-state index is 12.5. The molecular weight excluding hydrogens is 262 g/mol. The lowest BCUT2D eigenvalue weighted by molar-refractivity contribution is 0.0571. The Morgan fingerprint density at radius 1 is 1.37 bits per heavy atom. The van der Waals surface area contributed by atoms with E-state index in [0.717, 1.165) is 25.3 Å². The molecule has 3 heterocycles. The van der Waals surface area contributed by atoms with Crippen molar-refractivity contribution in [3.8, 4) is 0 Å². The number of fused-ring (bicyclic) bond motifs is 1. The van der Waals surface area contributed by atoms with Crippen molar-refractivity contribution in [1.82, 2.24) is 14.8 Å². The number of nitrogens with zero attached hydrogens (tertiary/aromatic N) is 3. The van der Waals surface area contributed by atoms with E-state index in [1.807, 2.05) is 17.9 Å². The van der Waals surface area contributed by atoms with Gasteiger partial charge in [-0.1, -0.05) is 11.6 Å². The minimum Gasteiger partial charge on any atom is -0.336 e. The molecule has 0 saturated carbocycles. The molecule has 4 nitrogen and oxygen atoms in total. The fourth-order valence-electron chi connectivity index (χ4n) is 3.11. The zero-order chi connectivity index (χ0) is 13.4. The Morgan fingerprint density at radius 3 is 3.00 bits per heavy atom. The second-order valence-electron chi connectivity index (χ2n) is 5.40. The molecule has 2 aliphatic heterocycles. The average Bonchev–Trinajstić information content (AvgIpc) is 2.83. The summed E-state index contributed by atoms with van der Waals surface area (Å²) in [6, 6.07) is 4.03. The Balaban J connectivity index is 1.76. The van der Waals surface area contributed by atoms with Crippen molar-refractivity contribution in [2.24, 2.45) is 0 Å². The number of hydrogen-bond acceptors (Lipinski definition) is 3. The molecule has 3 rings (SSSR count). The SMILES string of the molecule is Cc1cc(C(=O)N2CCN3CCCC3C2)cc(Cl)n1. The number of amides is 1. The molecule has 0 spiro atoms. The van der Waals surface area contributed by atoms with E-state index in [1.54, 1.807) is 6.07 Å². The fourth-order valence-corrected chi connectivity index (χ4v) is 3.36. The first kappa shape index (κ1) is 12.9. The molecule has 0 N–H and O–H groups in total. The summed E-state index contributed by atoms with van der Waals surface area (Å²) in [5, 5.41) is 0.392. The number of piperazine rings is 1. The monoisotopic (exact) mass is 279 g/mol. The van der Waals surface area contributed by atoms with Crippen LogP contribution in [0.5, 0.6) is 0 Å². The Bertz CT molecular complexity index is 485. The maximum Gasteiger partial charge on any atom is 0.254 e. The second kappa shape index (κ2) is 5.10. The Morgan fingerprint density at radius 2 is 2.21 bits per heavy atom. The molecule has 1 amide bonds. The highest BCUT2D eigenvalue weighted by molar-refractivity contribution is 6.29. The summed E-state index contributed by atoms with van der Waals surface area (Å²) in [6.45, 7) is 5.70. The number of pyridine rings is 1. The van der Waals surface area contributed by atoms with E-state index in [4.69, 9.17) is 11.6 Å². The lowest BCUT2D eigenvalue weighted by Crippen LogP contribution is -2.52. The lowest BCUT2D eigenvalue weighted by Gasteiger charge is -2.37. The number of aromatic nitrogens is 1. The summed E-state index contributed by atoms with van der Waals surface area (Å²) >= 11 is 5.93. The third kappa shape index (κ3) is 2.60. The van der Waals surface area contributed by atoms with Gasteiger partial charge in [0, 0.05) is 36.9 Å². The summed E-state index contributed by atoms with van der Waals surface area (Å²) in [5.41, 5.74) is 1.44. The van der Waals surface area contributed by atoms with E-state index in [0.29, 0.717) is 16.8 Å². The number of carbonyl (C=O) groups is 1. The number of halogens is 1. The van der Waals surface area contributed by atoms with Gasteiger partial charge in [-0.25, -0.2) is 4.98 Å². The Labute approximate surface area is 118 Å². The van der Waals surface area contributed by atoms with Gasteiger partial charge < -0.3 is 4.90 Å².